The molecule has 0 bridgehead atoms. The van der Waals surface area contributed by atoms with Crippen LogP contribution >= 0.6 is 0 Å². The molecule has 1 heterocycles. The van der Waals surface area contributed by atoms with Crippen molar-refractivity contribution in [2.24, 2.45) is 0 Å². The molecule has 0 radical (unpaired) electrons. The second-order valence-corrected chi connectivity index (χ2v) is 3.99. The van der Waals surface area contributed by atoms with E-state index in [9.17, 15) is 14.9 Å². The zero-order chi connectivity index (χ0) is 14.0. The van der Waals surface area contributed by atoms with E-state index in [2.05, 4.69) is 0 Å². The molecule has 2 aromatic rings. The Morgan fingerprint density at radius 3 is 2.68 bits per heavy atom. The second kappa shape index (κ2) is 5.09. The van der Waals surface area contributed by atoms with E-state index in [1.165, 1.54) is 12.1 Å². The predicted molar refractivity (Wildman–Crippen MR) is 70.2 cm³/mol. The number of nitro groups is 1. The van der Waals surface area contributed by atoms with Gasteiger partial charge in [0, 0.05) is 29.6 Å². The molecule has 0 aliphatic rings. The smallest absolute Gasteiger partial charge is 0.354 e. The van der Waals surface area contributed by atoms with Crippen molar-refractivity contribution >= 4 is 22.6 Å². The number of aromatic nitrogens is 1. The van der Waals surface area contributed by atoms with Crippen molar-refractivity contribution in [3.05, 3.63) is 40.1 Å². The third-order valence-electron chi connectivity index (χ3n) is 2.90. The fourth-order valence-electron chi connectivity index (χ4n) is 2.09. The van der Waals surface area contributed by atoms with E-state index in [1.807, 2.05) is 6.92 Å². The van der Waals surface area contributed by atoms with Gasteiger partial charge >= 0.3 is 5.97 Å². The highest BCUT2D eigenvalue weighted by molar-refractivity contribution is 5.96. The van der Waals surface area contributed by atoms with Crippen molar-refractivity contribution in [2.45, 2.75) is 20.4 Å². The Balaban J connectivity index is 2.59. The largest absolute Gasteiger partial charge is 0.461 e. The van der Waals surface area contributed by atoms with Crippen LogP contribution in [0.4, 0.5) is 5.69 Å². The number of non-ortho nitro benzene ring substituents is 1. The fraction of sp³-hybridized carbons (Fsp3) is 0.308. The fourth-order valence-corrected chi connectivity index (χ4v) is 2.09. The molecule has 0 atom stereocenters. The molecule has 1 aromatic carbocycles. The maximum Gasteiger partial charge on any atom is 0.354 e. The Kier molecular flexibility index (Phi) is 3.50. The van der Waals surface area contributed by atoms with Crippen LogP contribution in [0.15, 0.2) is 24.3 Å². The number of esters is 1. The van der Waals surface area contributed by atoms with E-state index in [0.29, 0.717) is 24.2 Å². The second-order valence-electron chi connectivity index (χ2n) is 3.99. The summed E-state index contributed by atoms with van der Waals surface area (Å²) < 4.78 is 6.77. The number of benzene rings is 1. The van der Waals surface area contributed by atoms with Gasteiger partial charge in [-0.25, -0.2) is 4.79 Å². The van der Waals surface area contributed by atoms with Crippen LogP contribution in [-0.4, -0.2) is 22.1 Å². The van der Waals surface area contributed by atoms with Gasteiger partial charge < -0.3 is 9.30 Å². The molecule has 0 aliphatic carbocycles. The van der Waals surface area contributed by atoms with Gasteiger partial charge in [-0.15, -0.1) is 0 Å². The lowest BCUT2D eigenvalue weighted by molar-refractivity contribution is -0.384. The molecule has 0 saturated heterocycles. The summed E-state index contributed by atoms with van der Waals surface area (Å²) in [7, 11) is 0. The van der Waals surface area contributed by atoms with E-state index in [-0.39, 0.29) is 5.69 Å². The molecule has 0 aliphatic heterocycles. The number of nitro benzene ring substituents is 1. The molecule has 0 amide bonds. The summed E-state index contributed by atoms with van der Waals surface area (Å²) in [4.78, 5) is 22.1. The van der Waals surface area contributed by atoms with Crippen molar-refractivity contribution < 1.29 is 14.5 Å². The molecular weight excluding hydrogens is 248 g/mol. The Labute approximate surface area is 109 Å². The quantitative estimate of drug-likeness (QED) is 0.482. The van der Waals surface area contributed by atoms with Gasteiger partial charge in [-0.05, 0) is 26.0 Å². The molecule has 6 heteroatoms. The van der Waals surface area contributed by atoms with Crippen LogP contribution < -0.4 is 0 Å². The van der Waals surface area contributed by atoms with Crippen LogP contribution in [0.2, 0.25) is 0 Å². The molecule has 0 saturated carbocycles. The van der Waals surface area contributed by atoms with Crippen molar-refractivity contribution in [3.8, 4) is 0 Å². The van der Waals surface area contributed by atoms with Crippen molar-refractivity contribution in [3.63, 3.8) is 0 Å². The highest BCUT2D eigenvalue weighted by Gasteiger charge is 2.17. The number of fused-ring (bicyclic) bond motifs is 1. The molecule has 0 spiro atoms. The van der Waals surface area contributed by atoms with Gasteiger partial charge in [0.2, 0.25) is 0 Å². The molecule has 0 fully saturated rings. The third kappa shape index (κ3) is 2.29. The Hall–Kier alpha value is -2.37. The number of rotatable bonds is 4. The summed E-state index contributed by atoms with van der Waals surface area (Å²) >= 11 is 0. The Morgan fingerprint density at radius 2 is 2.11 bits per heavy atom. The number of hydrogen-bond donors (Lipinski definition) is 0. The van der Waals surface area contributed by atoms with E-state index in [4.69, 9.17) is 4.74 Å². The van der Waals surface area contributed by atoms with Gasteiger partial charge in [-0.3, -0.25) is 10.1 Å². The number of aryl methyl sites for hydroxylation is 1. The summed E-state index contributed by atoms with van der Waals surface area (Å²) in [5, 5.41) is 11.4. The van der Waals surface area contributed by atoms with Gasteiger partial charge in [-0.2, -0.15) is 0 Å². The van der Waals surface area contributed by atoms with E-state index >= 15 is 0 Å². The first-order valence-electron chi connectivity index (χ1n) is 6.03. The van der Waals surface area contributed by atoms with Crippen molar-refractivity contribution in [1.82, 2.24) is 4.57 Å². The first-order chi connectivity index (χ1) is 9.08. The minimum Gasteiger partial charge on any atom is -0.461 e. The van der Waals surface area contributed by atoms with Crippen molar-refractivity contribution in [2.75, 3.05) is 6.61 Å². The van der Waals surface area contributed by atoms with E-state index < -0.39 is 10.9 Å². The maximum atomic E-state index is 11.8. The number of ether oxygens (including phenoxy) is 1. The molecular formula is C13H14N2O4. The molecule has 1 aromatic heterocycles. The third-order valence-corrected chi connectivity index (χ3v) is 2.90. The van der Waals surface area contributed by atoms with Gasteiger partial charge in [0.15, 0.2) is 0 Å². The molecule has 6 nitrogen and oxygen atoms in total. The highest BCUT2D eigenvalue weighted by Crippen LogP contribution is 2.25. The van der Waals surface area contributed by atoms with Crippen LogP contribution in [0.1, 0.15) is 24.3 Å². The average Bonchev–Trinajstić information content (AvgIpc) is 2.76. The van der Waals surface area contributed by atoms with Crippen LogP contribution in [0.5, 0.6) is 0 Å². The highest BCUT2D eigenvalue weighted by atomic mass is 16.6. The minimum absolute atomic E-state index is 0.0103. The van der Waals surface area contributed by atoms with Crippen molar-refractivity contribution in [1.29, 1.82) is 0 Å². The summed E-state index contributed by atoms with van der Waals surface area (Å²) in [5.41, 5.74) is 1.21. The Bertz CT molecular complexity index is 645. The molecule has 0 N–H and O–H groups in total. The van der Waals surface area contributed by atoms with Gasteiger partial charge in [0.25, 0.3) is 5.69 Å². The van der Waals surface area contributed by atoms with E-state index in [1.54, 1.807) is 23.6 Å². The zero-order valence-corrected chi connectivity index (χ0v) is 10.8. The molecule has 19 heavy (non-hydrogen) atoms. The lowest BCUT2D eigenvalue weighted by Gasteiger charge is -2.06. The molecule has 100 valence electrons. The summed E-state index contributed by atoms with van der Waals surface area (Å²) in [6, 6.07) is 6.18. The lowest BCUT2D eigenvalue weighted by Crippen LogP contribution is -2.11. The molecule has 0 unspecified atom stereocenters. The minimum atomic E-state index is -0.452. The Morgan fingerprint density at radius 1 is 1.37 bits per heavy atom. The van der Waals surface area contributed by atoms with Crippen LogP contribution in [-0.2, 0) is 11.3 Å². The first-order valence-corrected chi connectivity index (χ1v) is 6.03. The zero-order valence-electron chi connectivity index (χ0n) is 10.8. The van der Waals surface area contributed by atoms with Gasteiger partial charge in [-0.1, -0.05) is 0 Å². The number of hydrogen-bond acceptors (Lipinski definition) is 4. The van der Waals surface area contributed by atoms with Crippen LogP contribution in [0.3, 0.4) is 0 Å². The van der Waals surface area contributed by atoms with Crippen LogP contribution in [0, 0.1) is 10.1 Å². The van der Waals surface area contributed by atoms with Gasteiger partial charge in [0.1, 0.15) is 5.69 Å². The first kappa shape index (κ1) is 13.1. The summed E-state index contributed by atoms with van der Waals surface area (Å²) in [6.07, 6.45) is 0. The standard InChI is InChI=1S/C13H14N2O4/c1-3-14-11-6-5-10(15(17)18)7-9(11)8-12(14)13(16)19-4-2/h5-8H,3-4H2,1-2H3. The average molecular weight is 262 g/mol. The van der Waals surface area contributed by atoms with Gasteiger partial charge in [0.05, 0.1) is 11.5 Å². The summed E-state index contributed by atoms with van der Waals surface area (Å²) in [5.74, 6) is -0.414. The number of nitrogens with zero attached hydrogens (tertiary/aromatic N) is 2. The topological polar surface area (TPSA) is 74.4 Å². The SMILES string of the molecule is CCOC(=O)c1cc2cc([N+](=O)[O-])ccc2n1CC. The molecule has 2 rings (SSSR count). The lowest BCUT2D eigenvalue weighted by atomic mass is 10.2. The monoisotopic (exact) mass is 262 g/mol. The maximum absolute atomic E-state index is 11.8. The van der Waals surface area contributed by atoms with Crippen LogP contribution in [0.25, 0.3) is 10.9 Å². The summed E-state index contributed by atoms with van der Waals surface area (Å²) in [6.45, 7) is 4.53. The number of carbonyl (C=O) groups excluding carboxylic acids is 1. The predicted octanol–water partition coefficient (Wildman–Crippen LogP) is 2.75. The number of carbonyl (C=O) groups is 1. The normalized spacial score (nSPS) is 10.6. The van der Waals surface area contributed by atoms with E-state index in [0.717, 1.165) is 5.52 Å².